The topological polar surface area (TPSA) is 62.2 Å². The van der Waals surface area contributed by atoms with Crippen molar-refractivity contribution in [3.8, 4) is 0 Å². The molecule has 0 amide bonds. The first-order chi connectivity index (χ1) is 9.40. The molecule has 0 spiro atoms. The van der Waals surface area contributed by atoms with Crippen molar-refractivity contribution in [2.24, 2.45) is 0 Å². The van der Waals surface area contributed by atoms with Crippen molar-refractivity contribution in [3.05, 3.63) is 44.9 Å². The number of carboxylic acid groups (broad SMARTS) is 1. The molecule has 1 aromatic heterocycles. The van der Waals surface area contributed by atoms with Gasteiger partial charge in [-0.3, -0.25) is 0 Å². The number of aromatic carboxylic acids is 1. The number of hydrogen-bond donors (Lipinski definition) is 2. The maximum Gasteiger partial charge on any atom is 0.336 e. The van der Waals surface area contributed by atoms with Gasteiger partial charge >= 0.3 is 5.97 Å². The Kier molecular flexibility index (Phi) is 4.09. The van der Waals surface area contributed by atoms with E-state index in [0.29, 0.717) is 5.56 Å². The normalized spacial score (nSPS) is 12.2. The number of carbonyl (C=O) groups is 1. The first-order valence-corrected chi connectivity index (χ1v) is 7.25. The molecule has 20 heavy (non-hydrogen) atoms. The molecule has 0 aliphatic rings. The summed E-state index contributed by atoms with van der Waals surface area (Å²) in [5.74, 6) is -0.899. The maximum atomic E-state index is 11.2. The molecule has 1 atom stereocenters. The second-order valence-corrected chi connectivity index (χ2v) is 6.07. The summed E-state index contributed by atoms with van der Waals surface area (Å²) in [5, 5.41) is 13.6. The molecular weight excluding hydrogens is 272 g/mol. The first kappa shape index (κ1) is 14.5. The van der Waals surface area contributed by atoms with Gasteiger partial charge in [-0.25, -0.2) is 9.78 Å². The standard InChI is InChI=1S/C15H18N2O2S/c1-8-12(15(18)19)6-5-7-13(8)17-10(3)14-9(2)16-11(4)20-14/h5-7,10,17H,1-4H3,(H,18,19). The summed E-state index contributed by atoms with van der Waals surface area (Å²) in [7, 11) is 0. The zero-order chi connectivity index (χ0) is 14.9. The van der Waals surface area contributed by atoms with E-state index in [2.05, 4.69) is 17.2 Å². The average Bonchev–Trinajstić information content (AvgIpc) is 2.70. The largest absolute Gasteiger partial charge is 0.478 e. The molecule has 2 N–H and O–H groups in total. The maximum absolute atomic E-state index is 11.2. The van der Waals surface area contributed by atoms with Crippen molar-refractivity contribution < 1.29 is 9.90 Å². The van der Waals surface area contributed by atoms with E-state index in [1.54, 1.807) is 23.5 Å². The van der Waals surface area contributed by atoms with Gasteiger partial charge in [-0.05, 0) is 45.4 Å². The summed E-state index contributed by atoms with van der Waals surface area (Å²) in [6.45, 7) is 7.87. The highest BCUT2D eigenvalue weighted by atomic mass is 32.1. The van der Waals surface area contributed by atoms with Gasteiger partial charge in [0.1, 0.15) is 0 Å². The van der Waals surface area contributed by atoms with Crippen LogP contribution < -0.4 is 5.32 Å². The van der Waals surface area contributed by atoms with Crippen LogP contribution in [0.5, 0.6) is 0 Å². The minimum Gasteiger partial charge on any atom is -0.478 e. The van der Waals surface area contributed by atoms with Crippen LogP contribution in [0.4, 0.5) is 5.69 Å². The fraction of sp³-hybridized carbons (Fsp3) is 0.333. The molecule has 0 aliphatic carbocycles. The minimum absolute atomic E-state index is 0.101. The molecule has 0 bridgehead atoms. The Morgan fingerprint density at radius 3 is 2.60 bits per heavy atom. The van der Waals surface area contributed by atoms with E-state index in [9.17, 15) is 4.79 Å². The van der Waals surface area contributed by atoms with Crippen LogP contribution in [0.15, 0.2) is 18.2 Å². The number of nitrogens with zero attached hydrogens (tertiary/aromatic N) is 1. The van der Waals surface area contributed by atoms with Crippen LogP contribution in [0, 0.1) is 20.8 Å². The SMILES string of the molecule is Cc1nc(C)c(C(C)Nc2cccc(C(=O)O)c2C)s1. The van der Waals surface area contributed by atoms with Gasteiger partial charge in [0.2, 0.25) is 0 Å². The Bertz CT molecular complexity index is 649. The lowest BCUT2D eigenvalue weighted by atomic mass is 10.1. The summed E-state index contributed by atoms with van der Waals surface area (Å²) in [6, 6.07) is 5.39. The third-order valence-corrected chi connectivity index (χ3v) is 4.52. The number of thiazole rings is 1. The molecule has 2 rings (SSSR count). The van der Waals surface area contributed by atoms with Crippen molar-refractivity contribution in [1.29, 1.82) is 0 Å². The number of nitrogens with one attached hydrogen (secondary N) is 1. The summed E-state index contributed by atoms with van der Waals surface area (Å²) in [5.41, 5.74) is 2.97. The Hall–Kier alpha value is -1.88. The smallest absolute Gasteiger partial charge is 0.336 e. The van der Waals surface area contributed by atoms with E-state index in [1.807, 2.05) is 26.8 Å². The molecule has 0 radical (unpaired) electrons. The number of anilines is 1. The Morgan fingerprint density at radius 2 is 2.05 bits per heavy atom. The van der Waals surface area contributed by atoms with E-state index in [1.165, 1.54) is 4.88 Å². The second-order valence-electron chi connectivity index (χ2n) is 4.83. The van der Waals surface area contributed by atoms with Crippen LogP contribution >= 0.6 is 11.3 Å². The lowest BCUT2D eigenvalue weighted by Gasteiger charge is -2.17. The number of aryl methyl sites for hydroxylation is 2. The van der Waals surface area contributed by atoms with Crippen LogP contribution in [0.3, 0.4) is 0 Å². The number of hydrogen-bond acceptors (Lipinski definition) is 4. The number of benzene rings is 1. The summed E-state index contributed by atoms with van der Waals surface area (Å²) >= 11 is 1.67. The van der Waals surface area contributed by atoms with E-state index >= 15 is 0 Å². The predicted octanol–water partition coefficient (Wildman–Crippen LogP) is 3.94. The molecule has 0 aliphatic heterocycles. The molecule has 5 heteroatoms. The summed E-state index contributed by atoms with van der Waals surface area (Å²) in [6.07, 6.45) is 0. The molecule has 2 aromatic rings. The van der Waals surface area contributed by atoms with Gasteiger partial charge in [0.05, 0.1) is 22.3 Å². The van der Waals surface area contributed by atoms with Crippen molar-refractivity contribution in [2.75, 3.05) is 5.32 Å². The van der Waals surface area contributed by atoms with Gasteiger partial charge in [-0.15, -0.1) is 11.3 Å². The molecule has 1 aromatic carbocycles. The molecule has 0 fully saturated rings. The monoisotopic (exact) mass is 290 g/mol. The fourth-order valence-corrected chi connectivity index (χ4v) is 3.20. The predicted molar refractivity (Wildman–Crippen MR) is 81.8 cm³/mol. The first-order valence-electron chi connectivity index (χ1n) is 6.43. The van der Waals surface area contributed by atoms with Crippen LogP contribution in [-0.2, 0) is 0 Å². The van der Waals surface area contributed by atoms with Gasteiger partial charge in [-0.2, -0.15) is 0 Å². The molecule has 0 saturated carbocycles. The molecule has 0 saturated heterocycles. The van der Waals surface area contributed by atoms with Gasteiger partial charge < -0.3 is 10.4 Å². The number of rotatable bonds is 4. The Balaban J connectivity index is 2.28. The third-order valence-electron chi connectivity index (χ3n) is 3.27. The van der Waals surface area contributed by atoms with Crippen molar-refractivity contribution in [3.63, 3.8) is 0 Å². The van der Waals surface area contributed by atoms with Crippen molar-refractivity contribution in [1.82, 2.24) is 4.98 Å². The van der Waals surface area contributed by atoms with Crippen LogP contribution in [0.2, 0.25) is 0 Å². The van der Waals surface area contributed by atoms with E-state index in [4.69, 9.17) is 5.11 Å². The van der Waals surface area contributed by atoms with Gasteiger partial charge in [0.25, 0.3) is 0 Å². The molecule has 1 heterocycles. The number of aromatic nitrogens is 1. The van der Waals surface area contributed by atoms with Crippen LogP contribution in [0.25, 0.3) is 0 Å². The highest BCUT2D eigenvalue weighted by molar-refractivity contribution is 7.11. The lowest BCUT2D eigenvalue weighted by Crippen LogP contribution is -2.09. The minimum atomic E-state index is -0.899. The summed E-state index contributed by atoms with van der Waals surface area (Å²) in [4.78, 5) is 16.8. The second kappa shape index (κ2) is 5.63. The van der Waals surface area contributed by atoms with E-state index < -0.39 is 5.97 Å². The highest BCUT2D eigenvalue weighted by Crippen LogP contribution is 2.29. The average molecular weight is 290 g/mol. The van der Waals surface area contributed by atoms with Crippen molar-refractivity contribution in [2.45, 2.75) is 33.7 Å². The number of carboxylic acids is 1. The van der Waals surface area contributed by atoms with Gasteiger partial charge in [0.15, 0.2) is 0 Å². The quantitative estimate of drug-likeness (QED) is 0.895. The Labute approximate surface area is 122 Å². The zero-order valence-corrected chi connectivity index (χ0v) is 12.8. The lowest BCUT2D eigenvalue weighted by molar-refractivity contribution is 0.0696. The van der Waals surface area contributed by atoms with Gasteiger partial charge in [-0.1, -0.05) is 6.07 Å². The fourth-order valence-electron chi connectivity index (χ4n) is 2.27. The zero-order valence-electron chi connectivity index (χ0n) is 12.0. The molecular formula is C15H18N2O2S. The molecule has 106 valence electrons. The van der Waals surface area contributed by atoms with Crippen LogP contribution in [0.1, 0.15) is 44.5 Å². The molecule has 4 nitrogen and oxygen atoms in total. The summed E-state index contributed by atoms with van der Waals surface area (Å²) < 4.78 is 0. The van der Waals surface area contributed by atoms with Crippen LogP contribution in [-0.4, -0.2) is 16.1 Å². The van der Waals surface area contributed by atoms with E-state index in [0.717, 1.165) is 22.0 Å². The third kappa shape index (κ3) is 2.82. The van der Waals surface area contributed by atoms with E-state index in [-0.39, 0.29) is 6.04 Å². The van der Waals surface area contributed by atoms with Crippen molar-refractivity contribution >= 4 is 23.0 Å². The van der Waals surface area contributed by atoms with Gasteiger partial charge in [0, 0.05) is 10.6 Å². The Morgan fingerprint density at radius 1 is 1.35 bits per heavy atom. The highest BCUT2D eigenvalue weighted by Gasteiger charge is 2.15. The molecule has 1 unspecified atom stereocenters.